The Hall–Kier alpha value is -0.860. The Balaban J connectivity index is 2.62. The molecule has 0 aromatic heterocycles. The fourth-order valence-corrected chi connectivity index (χ4v) is 1.40. The lowest BCUT2D eigenvalue weighted by Gasteiger charge is -2.24. The van der Waals surface area contributed by atoms with Crippen molar-refractivity contribution in [2.45, 2.75) is 46.3 Å². The molecule has 0 saturated heterocycles. The van der Waals surface area contributed by atoms with Crippen LogP contribution in [0.3, 0.4) is 0 Å². The molecule has 1 atom stereocenters. The highest BCUT2D eigenvalue weighted by Crippen LogP contribution is 2.17. The number of nitrogens with one attached hydrogen (secondary N) is 1. The highest BCUT2D eigenvalue weighted by atomic mass is 16.7. The van der Waals surface area contributed by atoms with E-state index in [4.69, 9.17) is 4.84 Å². The van der Waals surface area contributed by atoms with Gasteiger partial charge in [-0.25, -0.2) is 0 Å². The van der Waals surface area contributed by atoms with Crippen molar-refractivity contribution in [3.63, 3.8) is 0 Å². The van der Waals surface area contributed by atoms with E-state index in [1.165, 1.54) is 11.1 Å². The van der Waals surface area contributed by atoms with Crippen molar-refractivity contribution in [3.8, 4) is 0 Å². The largest absolute Gasteiger partial charge is 0.296 e. The Bertz CT molecular complexity index is 315. The van der Waals surface area contributed by atoms with Crippen LogP contribution in [0.2, 0.25) is 0 Å². The topological polar surface area (TPSA) is 21.3 Å². The van der Waals surface area contributed by atoms with Crippen LogP contribution < -0.4 is 5.48 Å². The van der Waals surface area contributed by atoms with Gasteiger partial charge in [-0.3, -0.25) is 4.84 Å². The van der Waals surface area contributed by atoms with Gasteiger partial charge in [0.25, 0.3) is 0 Å². The van der Waals surface area contributed by atoms with Crippen molar-refractivity contribution in [3.05, 3.63) is 35.4 Å². The Kier molecular flexibility index (Phi) is 3.89. The molecule has 0 bridgehead atoms. The predicted octanol–water partition coefficient (Wildman–Crippen LogP) is 3.38. The van der Waals surface area contributed by atoms with Gasteiger partial charge in [-0.05, 0) is 45.7 Å². The van der Waals surface area contributed by atoms with E-state index in [2.05, 4.69) is 43.6 Å². The summed E-state index contributed by atoms with van der Waals surface area (Å²) in [7, 11) is 0. The summed E-state index contributed by atoms with van der Waals surface area (Å²) in [4.78, 5) is 5.55. The van der Waals surface area contributed by atoms with E-state index in [9.17, 15) is 0 Å². The Morgan fingerprint density at radius 3 is 2.33 bits per heavy atom. The van der Waals surface area contributed by atoms with Gasteiger partial charge in [0.2, 0.25) is 0 Å². The summed E-state index contributed by atoms with van der Waals surface area (Å²) >= 11 is 0. The average Bonchev–Trinajstić information content (AvgIpc) is 2.14. The number of hydrogen-bond donors (Lipinski definition) is 1. The van der Waals surface area contributed by atoms with Gasteiger partial charge in [0.15, 0.2) is 0 Å². The summed E-state index contributed by atoms with van der Waals surface area (Å²) in [5.74, 6) is 0. The molecule has 0 fully saturated rings. The van der Waals surface area contributed by atoms with E-state index in [0.717, 1.165) is 0 Å². The lowest BCUT2D eigenvalue weighted by Crippen LogP contribution is -2.31. The van der Waals surface area contributed by atoms with Crippen molar-refractivity contribution in [2.24, 2.45) is 0 Å². The molecule has 0 aliphatic rings. The molecule has 2 nitrogen and oxygen atoms in total. The smallest absolute Gasteiger partial charge is 0.0813 e. The molecular formula is C13H21NO. The molecule has 1 aromatic rings. The van der Waals surface area contributed by atoms with E-state index in [1.807, 2.05) is 20.8 Å². The molecular weight excluding hydrogens is 186 g/mol. The van der Waals surface area contributed by atoms with Gasteiger partial charge in [-0.2, -0.15) is 5.48 Å². The molecule has 0 heterocycles. The van der Waals surface area contributed by atoms with Gasteiger partial charge in [0, 0.05) is 0 Å². The fraction of sp³-hybridized carbons (Fsp3) is 0.538. The number of rotatable bonds is 3. The number of benzene rings is 1. The molecule has 0 aliphatic heterocycles. The minimum Gasteiger partial charge on any atom is -0.296 e. The Labute approximate surface area is 92.6 Å². The van der Waals surface area contributed by atoms with Crippen molar-refractivity contribution in [1.82, 2.24) is 5.48 Å². The van der Waals surface area contributed by atoms with Crippen LogP contribution in [0.1, 0.15) is 44.9 Å². The molecule has 1 aromatic carbocycles. The van der Waals surface area contributed by atoms with Gasteiger partial charge in [0.05, 0.1) is 11.6 Å². The van der Waals surface area contributed by atoms with Gasteiger partial charge >= 0.3 is 0 Å². The maximum absolute atomic E-state index is 5.55. The molecule has 2 heteroatoms. The minimum atomic E-state index is -0.156. The maximum Gasteiger partial charge on any atom is 0.0813 e. The second-order valence-electron chi connectivity index (χ2n) is 4.91. The first kappa shape index (κ1) is 12.2. The second kappa shape index (κ2) is 4.77. The van der Waals surface area contributed by atoms with Crippen molar-refractivity contribution >= 4 is 0 Å². The van der Waals surface area contributed by atoms with Crippen LogP contribution >= 0.6 is 0 Å². The average molecular weight is 207 g/mol. The summed E-state index contributed by atoms with van der Waals surface area (Å²) in [6.45, 7) is 10.3. The first-order valence-electron chi connectivity index (χ1n) is 5.39. The first-order chi connectivity index (χ1) is 6.90. The van der Waals surface area contributed by atoms with Crippen molar-refractivity contribution in [1.29, 1.82) is 0 Å². The molecule has 1 unspecified atom stereocenters. The second-order valence-corrected chi connectivity index (χ2v) is 4.91. The molecule has 0 spiro atoms. The van der Waals surface area contributed by atoms with E-state index in [0.29, 0.717) is 0 Å². The number of aryl methyl sites for hydroxylation is 1. The lowest BCUT2D eigenvalue weighted by atomic mass is 10.0. The molecule has 0 radical (unpaired) electrons. The number of hydroxylamine groups is 1. The molecule has 1 N–H and O–H groups in total. The van der Waals surface area contributed by atoms with Gasteiger partial charge in [-0.1, -0.05) is 24.3 Å². The molecule has 0 saturated carbocycles. The fourth-order valence-electron chi connectivity index (χ4n) is 1.40. The van der Waals surface area contributed by atoms with Crippen LogP contribution in [-0.2, 0) is 4.84 Å². The predicted molar refractivity (Wildman–Crippen MR) is 63.6 cm³/mol. The van der Waals surface area contributed by atoms with Crippen LogP contribution in [0.5, 0.6) is 0 Å². The normalized spacial score (nSPS) is 13.9. The molecule has 1 rings (SSSR count). The van der Waals surface area contributed by atoms with Gasteiger partial charge in [0.1, 0.15) is 0 Å². The van der Waals surface area contributed by atoms with Crippen LogP contribution in [0.25, 0.3) is 0 Å². The van der Waals surface area contributed by atoms with E-state index in [-0.39, 0.29) is 11.6 Å². The summed E-state index contributed by atoms with van der Waals surface area (Å²) in [6, 6.07) is 8.56. The summed E-state index contributed by atoms with van der Waals surface area (Å²) in [5, 5.41) is 0. The number of hydrogen-bond acceptors (Lipinski definition) is 2. The minimum absolute atomic E-state index is 0.156. The van der Waals surface area contributed by atoms with Crippen molar-refractivity contribution < 1.29 is 4.84 Å². The zero-order chi connectivity index (χ0) is 11.5. The quantitative estimate of drug-likeness (QED) is 0.767. The monoisotopic (exact) mass is 207 g/mol. The van der Waals surface area contributed by atoms with Gasteiger partial charge < -0.3 is 0 Å². The highest BCUT2D eigenvalue weighted by Gasteiger charge is 2.14. The third-order valence-corrected chi connectivity index (χ3v) is 2.20. The standard InChI is InChI=1S/C13H21NO/c1-10-8-6-7-9-12(10)11(2)14-15-13(3,4)5/h6-9,11,14H,1-5H3. The SMILES string of the molecule is Cc1ccccc1C(C)NOC(C)(C)C. The van der Waals surface area contributed by atoms with E-state index in [1.54, 1.807) is 0 Å². The van der Waals surface area contributed by atoms with Crippen LogP contribution in [-0.4, -0.2) is 5.60 Å². The zero-order valence-corrected chi connectivity index (χ0v) is 10.3. The molecule has 15 heavy (non-hydrogen) atoms. The Morgan fingerprint density at radius 2 is 1.80 bits per heavy atom. The summed E-state index contributed by atoms with van der Waals surface area (Å²) < 4.78 is 0. The molecule has 0 aliphatic carbocycles. The summed E-state index contributed by atoms with van der Waals surface area (Å²) in [6.07, 6.45) is 0. The van der Waals surface area contributed by atoms with E-state index >= 15 is 0 Å². The Morgan fingerprint density at radius 1 is 1.20 bits per heavy atom. The molecule has 0 amide bonds. The summed E-state index contributed by atoms with van der Waals surface area (Å²) in [5.41, 5.74) is 5.49. The molecule has 84 valence electrons. The van der Waals surface area contributed by atoms with Crippen LogP contribution in [0, 0.1) is 6.92 Å². The highest BCUT2D eigenvalue weighted by molar-refractivity contribution is 5.27. The van der Waals surface area contributed by atoms with Crippen LogP contribution in [0.15, 0.2) is 24.3 Å². The van der Waals surface area contributed by atoms with E-state index < -0.39 is 0 Å². The van der Waals surface area contributed by atoms with Gasteiger partial charge in [-0.15, -0.1) is 0 Å². The van der Waals surface area contributed by atoms with Crippen molar-refractivity contribution in [2.75, 3.05) is 0 Å². The zero-order valence-electron chi connectivity index (χ0n) is 10.3. The van der Waals surface area contributed by atoms with Crippen LogP contribution in [0.4, 0.5) is 0 Å². The first-order valence-corrected chi connectivity index (χ1v) is 5.39. The lowest BCUT2D eigenvalue weighted by molar-refractivity contribution is -0.0867. The third-order valence-electron chi connectivity index (χ3n) is 2.20. The third kappa shape index (κ3) is 4.02. The maximum atomic E-state index is 5.55.